The summed E-state index contributed by atoms with van der Waals surface area (Å²) in [4.78, 5) is 32.1. The van der Waals surface area contributed by atoms with Crippen LogP contribution < -0.4 is 5.32 Å². The molecule has 1 aliphatic carbocycles. The second-order valence-electron chi connectivity index (χ2n) is 6.79. The third-order valence-electron chi connectivity index (χ3n) is 5.06. The Kier molecular flexibility index (Phi) is 4.33. The van der Waals surface area contributed by atoms with Gasteiger partial charge in [0.1, 0.15) is 11.8 Å². The maximum Gasteiger partial charge on any atom is 0.325 e. The molecule has 1 aliphatic heterocycles. The van der Waals surface area contributed by atoms with Crippen LogP contribution in [-0.4, -0.2) is 27.4 Å². The van der Waals surface area contributed by atoms with Crippen molar-refractivity contribution in [3.8, 4) is 10.8 Å². The summed E-state index contributed by atoms with van der Waals surface area (Å²) < 4.78 is 5.49. The molecule has 1 saturated heterocycles. The van der Waals surface area contributed by atoms with Gasteiger partial charge in [0, 0.05) is 0 Å². The highest BCUT2D eigenvalue weighted by molar-refractivity contribution is 7.13. The summed E-state index contributed by atoms with van der Waals surface area (Å²) in [6.07, 6.45) is 8.40. The fraction of sp³-hybridized carbons (Fsp3) is 0.500. The SMILES string of the molecule is O=C1NC2(CCCCCCC2)C(=O)N1Cc1coc(-c2cccs2)n1. The van der Waals surface area contributed by atoms with Crippen LogP contribution in [0.4, 0.5) is 4.79 Å². The smallest absolute Gasteiger partial charge is 0.325 e. The minimum Gasteiger partial charge on any atom is -0.443 e. The number of nitrogens with one attached hydrogen (secondary N) is 1. The van der Waals surface area contributed by atoms with Gasteiger partial charge in [-0.15, -0.1) is 11.3 Å². The van der Waals surface area contributed by atoms with Crippen LogP contribution in [0.25, 0.3) is 10.8 Å². The van der Waals surface area contributed by atoms with E-state index in [2.05, 4.69) is 10.3 Å². The molecule has 0 unspecified atom stereocenters. The Labute approximate surface area is 150 Å². The Morgan fingerprint density at radius 2 is 1.96 bits per heavy atom. The maximum absolute atomic E-state index is 13.0. The molecule has 2 fully saturated rings. The number of thiophene rings is 1. The van der Waals surface area contributed by atoms with E-state index in [1.54, 1.807) is 0 Å². The molecule has 2 aromatic heterocycles. The third-order valence-corrected chi connectivity index (χ3v) is 5.91. The van der Waals surface area contributed by atoms with Crippen LogP contribution in [0.2, 0.25) is 0 Å². The van der Waals surface area contributed by atoms with Gasteiger partial charge >= 0.3 is 6.03 Å². The van der Waals surface area contributed by atoms with Gasteiger partial charge in [-0.05, 0) is 24.3 Å². The highest BCUT2D eigenvalue weighted by Gasteiger charge is 2.50. The average molecular weight is 359 g/mol. The van der Waals surface area contributed by atoms with Gasteiger partial charge in [0.15, 0.2) is 0 Å². The van der Waals surface area contributed by atoms with Crippen molar-refractivity contribution in [2.24, 2.45) is 0 Å². The summed E-state index contributed by atoms with van der Waals surface area (Å²) in [5, 5.41) is 4.93. The number of carbonyl (C=O) groups is 2. The molecular weight excluding hydrogens is 338 g/mol. The van der Waals surface area contributed by atoms with E-state index in [4.69, 9.17) is 4.42 Å². The quantitative estimate of drug-likeness (QED) is 0.842. The van der Waals surface area contributed by atoms with E-state index in [9.17, 15) is 9.59 Å². The Bertz CT molecular complexity index is 760. The molecule has 1 saturated carbocycles. The summed E-state index contributed by atoms with van der Waals surface area (Å²) in [5.74, 6) is 0.415. The summed E-state index contributed by atoms with van der Waals surface area (Å²) in [7, 11) is 0. The van der Waals surface area contributed by atoms with E-state index in [1.165, 1.54) is 28.9 Å². The van der Waals surface area contributed by atoms with Crippen LogP contribution in [0.15, 0.2) is 28.2 Å². The molecule has 0 aromatic carbocycles. The van der Waals surface area contributed by atoms with Crippen molar-refractivity contribution in [3.05, 3.63) is 29.5 Å². The van der Waals surface area contributed by atoms with Crippen molar-refractivity contribution in [1.82, 2.24) is 15.2 Å². The summed E-state index contributed by atoms with van der Waals surface area (Å²) in [6.45, 7) is 0.154. The van der Waals surface area contributed by atoms with E-state index in [0.717, 1.165) is 43.4 Å². The molecule has 132 valence electrons. The van der Waals surface area contributed by atoms with Crippen molar-refractivity contribution < 1.29 is 14.0 Å². The highest BCUT2D eigenvalue weighted by atomic mass is 32.1. The van der Waals surface area contributed by atoms with E-state index in [0.29, 0.717) is 11.6 Å². The normalized spacial score (nSPS) is 20.6. The number of aromatic nitrogens is 1. The van der Waals surface area contributed by atoms with Gasteiger partial charge in [-0.3, -0.25) is 9.69 Å². The van der Waals surface area contributed by atoms with Gasteiger partial charge in [-0.1, -0.05) is 38.2 Å². The van der Waals surface area contributed by atoms with Crippen LogP contribution in [0.3, 0.4) is 0 Å². The lowest BCUT2D eigenvalue weighted by molar-refractivity contribution is -0.132. The lowest BCUT2D eigenvalue weighted by Crippen LogP contribution is -2.47. The van der Waals surface area contributed by atoms with Gasteiger partial charge in [0.2, 0.25) is 5.89 Å². The zero-order chi connectivity index (χ0) is 17.3. The van der Waals surface area contributed by atoms with Crippen LogP contribution in [0.1, 0.15) is 50.6 Å². The predicted octanol–water partition coefficient (Wildman–Crippen LogP) is 3.94. The zero-order valence-electron chi connectivity index (χ0n) is 14.0. The lowest BCUT2D eigenvalue weighted by atomic mass is 9.84. The van der Waals surface area contributed by atoms with E-state index in [-0.39, 0.29) is 18.5 Å². The third kappa shape index (κ3) is 3.08. The Morgan fingerprint density at radius 3 is 2.68 bits per heavy atom. The van der Waals surface area contributed by atoms with Gasteiger partial charge < -0.3 is 9.73 Å². The number of imide groups is 1. The fourth-order valence-electron chi connectivity index (χ4n) is 3.72. The topological polar surface area (TPSA) is 75.4 Å². The first kappa shape index (κ1) is 16.3. The molecule has 0 atom stereocenters. The first-order valence-electron chi connectivity index (χ1n) is 8.80. The van der Waals surface area contributed by atoms with Crippen molar-refractivity contribution in [3.63, 3.8) is 0 Å². The van der Waals surface area contributed by atoms with Crippen molar-refractivity contribution in [1.29, 1.82) is 0 Å². The average Bonchev–Trinajstić information content (AvgIpc) is 3.28. The zero-order valence-corrected chi connectivity index (χ0v) is 14.8. The molecule has 25 heavy (non-hydrogen) atoms. The number of hydrogen-bond acceptors (Lipinski definition) is 5. The monoisotopic (exact) mass is 359 g/mol. The second kappa shape index (κ2) is 6.63. The molecule has 4 rings (SSSR count). The largest absolute Gasteiger partial charge is 0.443 e. The lowest BCUT2D eigenvalue weighted by Gasteiger charge is -2.28. The first-order chi connectivity index (χ1) is 12.2. The minimum atomic E-state index is -0.710. The molecule has 1 N–H and O–H groups in total. The molecule has 1 spiro atoms. The van der Waals surface area contributed by atoms with Crippen LogP contribution in [-0.2, 0) is 11.3 Å². The van der Waals surface area contributed by atoms with Crippen molar-refractivity contribution in [2.45, 2.75) is 57.0 Å². The molecule has 6 nitrogen and oxygen atoms in total. The Hall–Kier alpha value is -2.15. The number of rotatable bonds is 3. The van der Waals surface area contributed by atoms with Crippen LogP contribution >= 0.6 is 11.3 Å². The molecule has 3 heterocycles. The van der Waals surface area contributed by atoms with Crippen LogP contribution in [0.5, 0.6) is 0 Å². The molecule has 0 radical (unpaired) electrons. The number of oxazole rings is 1. The fourth-order valence-corrected chi connectivity index (χ4v) is 4.38. The first-order valence-corrected chi connectivity index (χ1v) is 9.68. The van der Waals surface area contributed by atoms with Crippen molar-refractivity contribution in [2.75, 3.05) is 0 Å². The minimum absolute atomic E-state index is 0.111. The molecule has 7 heteroatoms. The van der Waals surface area contributed by atoms with Crippen LogP contribution in [0, 0.1) is 0 Å². The summed E-state index contributed by atoms with van der Waals surface area (Å²) in [6, 6.07) is 3.54. The van der Waals surface area contributed by atoms with Gasteiger partial charge in [-0.2, -0.15) is 0 Å². The Balaban J connectivity index is 1.51. The molecule has 0 bridgehead atoms. The predicted molar refractivity (Wildman–Crippen MR) is 93.9 cm³/mol. The number of nitrogens with zero attached hydrogens (tertiary/aromatic N) is 2. The van der Waals surface area contributed by atoms with E-state index < -0.39 is 5.54 Å². The van der Waals surface area contributed by atoms with Crippen molar-refractivity contribution >= 4 is 23.3 Å². The summed E-state index contributed by atoms with van der Waals surface area (Å²) >= 11 is 1.54. The number of amides is 3. The highest BCUT2D eigenvalue weighted by Crippen LogP contribution is 2.33. The molecule has 3 amide bonds. The standard InChI is InChI=1S/C18H21N3O3S/c22-16-18(8-4-2-1-3-5-9-18)20-17(23)21(16)11-13-12-24-15(19-13)14-7-6-10-25-14/h6-7,10,12H,1-5,8-9,11H2,(H,20,23). The van der Waals surface area contributed by atoms with Gasteiger partial charge in [0.25, 0.3) is 5.91 Å². The number of urea groups is 1. The number of hydrogen-bond donors (Lipinski definition) is 1. The van der Waals surface area contributed by atoms with E-state index >= 15 is 0 Å². The number of carbonyl (C=O) groups excluding carboxylic acids is 2. The maximum atomic E-state index is 13.0. The van der Waals surface area contributed by atoms with E-state index in [1.807, 2.05) is 17.5 Å². The Morgan fingerprint density at radius 1 is 1.20 bits per heavy atom. The van der Waals surface area contributed by atoms with Gasteiger partial charge in [0.05, 0.1) is 17.1 Å². The van der Waals surface area contributed by atoms with Gasteiger partial charge in [-0.25, -0.2) is 9.78 Å². The summed E-state index contributed by atoms with van der Waals surface area (Å²) in [5.41, 5.74) is -0.118. The molecule has 2 aromatic rings. The second-order valence-corrected chi connectivity index (χ2v) is 7.74. The molecule has 2 aliphatic rings. The molecular formula is C18H21N3O3S.